The van der Waals surface area contributed by atoms with Crippen molar-refractivity contribution < 1.29 is 0 Å². The van der Waals surface area contributed by atoms with Crippen molar-refractivity contribution in [2.24, 2.45) is 5.73 Å². The molecule has 0 heterocycles. The fourth-order valence-corrected chi connectivity index (χ4v) is 0.484. The summed E-state index contributed by atoms with van der Waals surface area (Å²) in [7, 11) is 0. The molecule has 52 valence electrons. The quantitative estimate of drug-likeness (QED) is 0.605. The van der Waals surface area contributed by atoms with Gasteiger partial charge in [0.15, 0.2) is 0 Å². The van der Waals surface area contributed by atoms with Gasteiger partial charge in [-0.1, -0.05) is 23.8 Å². The summed E-state index contributed by atoms with van der Waals surface area (Å²) in [6, 6.07) is 0.0405. The Hall–Kier alpha value is -0.270. The van der Waals surface area contributed by atoms with E-state index in [2.05, 4.69) is 6.58 Å². The fourth-order valence-electron chi connectivity index (χ4n) is 0.395. The lowest BCUT2D eigenvalue weighted by atomic mass is 10.2. The molecule has 1 nitrogen and oxygen atoms in total. The summed E-state index contributed by atoms with van der Waals surface area (Å²) >= 11 is 5.55. The van der Waals surface area contributed by atoms with E-state index >= 15 is 0 Å². The lowest BCUT2D eigenvalue weighted by molar-refractivity contribution is 0.834. The van der Waals surface area contributed by atoms with Crippen molar-refractivity contribution in [3.05, 3.63) is 23.8 Å². The first-order valence-corrected chi connectivity index (χ1v) is 3.25. The van der Waals surface area contributed by atoms with Gasteiger partial charge in [-0.25, -0.2) is 0 Å². The minimum absolute atomic E-state index is 0.0405. The minimum atomic E-state index is 0.0405. The molecule has 0 aromatic rings. The zero-order chi connectivity index (χ0) is 7.28. The summed E-state index contributed by atoms with van der Waals surface area (Å²) in [6.45, 7) is 5.37. The molecule has 0 aromatic heterocycles. The Bertz CT molecular complexity index is 114. The molecule has 0 aromatic carbocycles. The van der Waals surface area contributed by atoms with E-state index in [1.807, 2.05) is 13.0 Å². The van der Waals surface area contributed by atoms with Gasteiger partial charge in [-0.15, -0.1) is 6.58 Å². The number of hydrogen-bond acceptors (Lipinski definition) is 1. The normalized spacial score (nSPS) is 15.2. The average molecular weight is 146 g/mol. The van der Waals surface area contributed by atoms with E-state index in [9.17, 15) is 0 Å². The second-order valence-electron chi connectivity index (χ2n) is 1.93. The van der Waals surface area contributed by atoms with Crippen molar-refractivity contribution in [1.82, 2.24) is 0 Å². The number of halogens is 1. The van der Waals surface area contributed by atoms with E-state index in [0.717, 1.165) is 11.5 Å². The second kappa shape index (κ2) is 4.59. The Morgan fingerprint density at radius 3 is 2.78 bits per heavy atom. The van der Waals surface area contributed by atoms with Crippen molar-refractivity contribution in [3.63, 3.8) is 0 Å². The third-order valence-corrected chi connectivity index (χ3v) is 1.13. The van der Waals surface area contributed by atoms with Gasteiger partial charge in [0.05, 0.1) is 0 Å². The van der Waals surface area contributed by atoms with E-state index in [-0.39, 0.29) is 6.04 Å². The van der Waals surface area contributed by atoms with Crippen LogP contribution in [0.25, 0.3) is 0 Å². The third-order valence-electron chi connectivity index (χ3n) is 0.974. The lowest BCUT2D eigenvalue weighted by Gasteiger charge is -1.98. The molecule has 1 atom stereocenters. The maximum absolute atomic E-state index is 5.55. The zero-order valence-electron chi connectivity index (χ0n) is 5.60. The molecular weight excluding hydrogens is 134 g/mol. The minimum Gasteiger partial charge on any atom is -0.324 e. The molecule has 0 amide bonds. The molecule has 1 unspecified atom stereocenters. The highest BCUT2D eigenvalue weighted by molar-refractivity contribution is 6.29. The maximum Gasteiger partial charge on any atom is 0.0256 e. The molecule has 2 N–H and O–H groups in total. The van der Waals surface area contributed by atoms with Crippen LogP contribution in [0.5, 0.6) is 0 Å². The van der Waals surface area contributed by atoms with Gasteiger partial charge in [-0.05, 0) is 13.3 Å². The lowest BCUT2D eigenvalue weighted by Crippen LogP contribution is -2.14. The summed E-state index contributed by atoms with van der Waals surface area (Å²) in [6.07, 6.45) is 4.36. The van der Waals surface area contributed by atoms with Crippen LogP contribution in [0.1, 0.15) is 13.3 Å². The molecule has 0 fully saturated rings. The molecular formula is C7H12ClN. The van der Waals surface area contributed by atoms with Crippen LogP contribution in [-0.4, -0.2) is 6.04 Å². The van der Waals surface area contributed by atoms with Gasteiger partial charge in [0.1, 0.15) is 0 Å². The monoisotopic (exact) mass is 145 g/mol. The molecule has 0 rings (SSSR count). The summed E-state index contributed by atoms with van der Waals surface area (Å²) in [4.78, 5) is 0. The third kappa shape index (κ3) is 5.60. The van der Waals surface area contributed by atoms with E-state index < -0.39 is 0 Å². The molecule has 0 aliphatic heterocycles. The van der Waals surface area contributed by atoms with Gasteiger partial charge in [-0.2, -0.15) is 0 Å². The molecule has 0 bridgehead atoms. The van der Waals surface area contributed by atoms with E-state index in [0.29, 0.717) is 0 Å². The number of hydrogen-bond donors (Lipinski definition) is 1. The predicted octanol–water partition coefficient (Wildman–Crippen LogP) is 2.03. The zero-order valence-corrected chi connectivity index (χ0v) is 6.36. The van der Waals surface area contributed by atoms with Gasteiger partial charge in [-0.3, -0.25) is 0 Å². The summed E-state index contributed by atoms with van der Waals surface area (Å²) in [5.41, 5.74) is 5.50. The average Bonchev–Trinajstić information content (AvgIpc) is 1.83. The van der Waals surface area contributed by atoms with Crippen LogP contribution >= 0.6 is 11.6 Å². The van der Waals surface area contributed by atoms with E-state index in [1.165, 1.54) is 0 Å². The highest BCUT2D eigenvalue weighted by atomic mass is 35.5. The van der Waals surface area contributed by atoms with Crippen molar-refractivity contribution >= 4 is 11.6 Å². The van der Waals surface area contributed by atoms with E-state index in [4.69, 9.17) is 17.3 Å². The van der Waals surface area contributed by atoms with Crippen LogP contribution in [0.3, 0.4) is 0 Å². The van der Waals surface area contributed by atoms with Crippen molar-refractivity contribution in [2.45, 2.75) is 19.4 Å². The highest BCUT2D eigenvalue weighted by Gasteiger charge is 1.90. The Balaban J connectivity index is 3.49. The van der Waals surface area contributed by atoms with Crippen LogP contribution in [-0.2, 0) is 0 Å². The first-order valence-electron chi connectivity index (χ1n) is 2.87. The maximum atomic E-state index is 5.55. The van der Waals surface area contributed by atoms with Crippen LogP contribution in [0.4, 0.5) is 0 Å². The van der Waals surface area contributed by atoms with Gasteiger partial charge in [0.25, 0.3) is 0 Å². The molecule has 0 saturated heterocycles. The van der Waals surface area contributed by atoms with Crippen molar-refractivity contribution in [1.29, 1.82) is 0 Å². The summed E-state index contributed by atoms with van der Waals surface area (Å²) in [5, 5.41) is 0.785. The molecule has 0 spiro atoms. The van der Waals surface area contributed by atoms with Crippen LogP contribution < -0.4 is 5.73 Å². The summed E-state index contributed by atoms with van der Waals surface area (Å²) < 4.78 is 0. The second-order valence-corrected chi connectivity index (χ2v) is 2.52. The van der Waals surface area contributed by atoms with Gasteiger partial charge in [0, 0.05) is 11.1 Å². The SMILES string of the molecule is C=CC(N)C/C=C(\C)Cl. The number of allylic oxidation sites excluding steroid dienone is 1. The smallest absolute Gasteiger partial charge is 0.0256 e. The Labute approximate surface area is 61.2 Å². The first kappa shape index (κ1) is 8.73. The number of rotatable bonds is 3. The van der Waals surface area contributed by atoms with Crippen LogP contribution in [0.2, 0.25) is 0 Å². The Morgan fingerprint density at radius 1 is 1.89 bits per heavy atom. The molecule has 0 saturated carbocycles. The van der Waals surface area contributed by atoms with E-state index in [1.54, 1.807) is 6.08 Å². The molecule has 0 radical (unpaired) electrons. The first-order chi connectivity index (χ1) is 4.16. The Morgan fingerprint density at radius 2 is 2.44 bits per heavy atom. The molecule has 2 heteroatoms. The number of nitrogens with two attached hydrogens (primary N) is 1. The topological polar surface area (TPSA) is 26.0 Å². The van der Waals surface area contributed by atoms with Crippen LogP contribution in [0.15, 0.2) is 23.8 Å². The van der Waals surface area contributed by atoms with Gasteiger partial charge in [0.2, 0.25) is 0 Å². The Kier molecular flexibility index (Phi) is 4.46. The largest absolute Gasteiger partial charge is 0.324 e. The van der Waals surface area contributed by atoms with Gasteiger partial charge < -0.3 is 5.73 Å². The molecule has 9 heavy (non-hydrogen) atoms. The standard InChI is InChI=1S/C7H12ClN/c1-3-7(9)5-4-6(2)8/h3-4,7H,1,5,9H2,2H3/b6-4+. The van der Waals surface area contributed by atoms with Crippen molar-refractivity contribution in [3.8, 4) is 0 Å². The molecule has 0 aliphatic rings. The predicted molar refractivity (Wildman–Crippen MR) is 42.4 cm³/mol. The van der Waals surface area contributed by atoms with Crippen LogP contribution in [0, 0.1) is 0 Å². The highest BCUT2D eigenvalue weighted by Crippen LogP contribution is 2.01. The summed E-state index contributed by atoms with van der Waals surface area (Å²) in [5.74, 6) is 0. The molecule has 0 aliphatic carbocycles. The van der Waals surface area contributed by atoms with Crippen molar-refractivity contribution in [2.75, 3.05) is 0 Å². The fraction of sp³-hybridized carbons (Fsp3) is 0.429. The van der Waals surface area contributed by atoms with Gasteiger partial charge >= 0.3 is 0 Å².